The van der Waals surface area contributed by atoms with Crippen molar-refractivity contribution in [2.24, 2.45) is 0 Å². The number of benzene rings is 1. The van der Waals surface area contributed by atoms with Crippen LogP contribution in [-0.4, -0.2) is 46.6 Å². The topological polar surface area (TPSA) is 86.7 Å². The summed E-state index contributed by atoms with van der Waals surface area (Å²) in [5, 5.41) is 11.4. The Balaban J connectivity index is 2.56. The second-order valence-electron chi connectivity index (χ2n) is 4.83. The first-order chi connectivity index (χ1) is 10.7. The first kappa shape index (κ1) is 16.6. The van der Waals surface area contributed by atoms with E-state index in [1.165, 1.54) is 30.2 Å². The standard InChI is InChI=1S/C14H11F3N2O4/c15-14(16,17)7-19-11(6-20)8-3-1-2-4-9(8)18-10(13(19)23)5-12(21)22/h1-4,10,18H,5,7H2,(H,21,22). The Morgan fingerprint density at radius 2 is 2.00 bits per heavy atom. The van der Waals surface area contributed by atoms with Crippen LogP contribution in [0.1, 0.15) is 12.0 Å². The average molecular weight is 328 g/mol. The van der Waals surface area contributed by atoms with E-state index in [0.717, 1.165) is 0 Å². The second-order valence-corrected chi connectivity index (χ2v) is 4.83. The van der Waals surface area contributed by atoms with E-state index in [9.17, 15) is 27.6 Å². The molecule has 0 saturated carbocycles. The van der Waals surface area contributed by atoms with Gasteiger partial charge in [-0.05, 0) is 6.07 Å². The van der Waals surface area contributed by atoms with Crippen molar-refractivity contribution in [3.05, 3.63) is 29.8 Å². The van der Waals surface area contributed by atoms with Gasteiger partial charge in [-0.1, -0.05) is 18.2 Å². The molecule has 1 aromatic carbocycles. The van der Waals surface area contributed by atoms with Crippen molar-refractivity contribution >= 4 is 29.2 Å². The summed E-state index contributed by atoms with van der Waals surface area (Å²) in [7, 11) is 0. The quantitative estimate of drug-likeness (QED) is 0.822. The van der Waals surface area contributed by atoms with Crippen LogP contribution in [0.15, 0.2) is 24.3 Å². The number of alkyl halides is 3. The molecule has 6 nitrogen and oxygen atoms in total. The zero-order valence-electron chi connectivity index (χ0n) is 11.6. The summed E-state index contributed by atoms with van der Waals surface area (Å²) in [5.74, 6) is -1.15. The monoisotopic (exact) mass is 328 g/mol. The van der Waals surface area contributed by atoms with E-state index in [2.05, 4.69) is 5.32 Å². The van der Waals surface area contributed by atoms with Crippen LogP contribution in [-0.2, 0) is 14.4 Å². The number of carbonyl (C=O) groups excluding carboxylic acids is 2. The summed E-state index contributed by atoms with van der Waals surface area (Å²) in [6.07, 6.45) is -5.49. The first-order valence-electron chi connectivity index (χ1n) is 6.44. The Hall–Kier alpha value is -2.80. The van der Waals surface area contributed by atoms with Crippen molar-refractivity contribution in [2.45, 2.75) is 18.6 Å². The third kappa shape index (κ3) is 3.70. The number of amides is 1. The van der Waals surface area contributed by atoms with Crippen LogP contribution in [0.2, 0.25) is 0 Å². The summed E-state index contributed by atoms with van der Waals surface area (Å²) >= 11 is 0. The van der Waals surface area contributed by atoms with E-state index in [0.29, 0.717) is 0 Å². The van der Waals surface area contributed by atoms with E-state index >= 15 is 0 Å². The van der Waals surface area contributed by atoms with Gasteiger partial charge in [-0.3, -0.25) is 14.5 Å². The van der Waals surface area contributed by atoms with Gasteiger partial charge in [-0.25, -0.2) is 4.79 Å². The number of halogens is 3. The summed E-state index contributed by atoms with van der Waals surface area (Å²) in [4.78, 5) is 34.6. The zero-order chi connectivity index (χ0) is 17.2. The Morgan fingerprint density at radius 1 is 1.35 bits per heavy atom. The molecule has 0 fully saturated rings. The fourth-order valence-corrected chi connectivity index (χ4v) is 2.27. The summed E-state index contributed by atoms with van der Waals surface area (Å²) < 4.78 is 38.2. The van der Waals surface area contributed by atoms with Crippen molar-refractivity contribution in [1.82, 2.24) is 4.90 Å². The number of carboxylic acid groups (broad SMARTS) is 1. The largest absolute Gasteiger partial charge is 0.481 e. The number of fused-ring (bicyclic) bond motifs is 1. The van der Waals surface area contributed by atoms with Crippen LogP contribution in [0.25, 0.3) is 5.70 Å². The molecule has 23 heavy (non-hydrogen) atoms. The molecule has 2 N–H and O–H groups in total. The van der Waals surface area contributed by atoms with Gasteiger partial charge < -0.3 is 10.4 Å². The predicted octanol–water partition coefficient (Wildman–Crippen LogP) is 1.52. The molecule has 0 spiro atoms. The molecular weight excluding hydrogens is 317 g/mol. The van der Waals surface area contributed by atoms with Crippen molar-refractivity contribution in [1.29, 1.82) is 0 Å². The molecule has 9 heteroatoms. The zero-order valence-corrected chi connectivity index (χ0v) is 11.6. The Labute approximate surface area is 128 Å². The van der Waals surface area contributed by atoms with Crippen molar-refractivity contribution in [2.75, 3.05) is 11.9 Å². The molecule has 1 aromatic rings. The number of carbonyl (C=O) groups is 2. The second kappa shape index (κ2) is 6.13. The van der Waals surface area contributed by atoms with Gasteiger partial charge in [-0.2, -0.15) is 13.2 Å². The number of aliphatic carboxylic acids is 1. The van der Waals surface area contributed by atoms with Crippen LogP contribution < -0.4 is 5.32 Å². The number of rotatable bonds is 3. The first-order valence-corrected chi connectivity index (χ1v) is 6.44. The van der Waals surface area contributed by atoms with Crippen LogP contribution in [0.3, 0.4) is 0 Å². The van der Waals surface area contributed by atoms with E-state index in [4.69, 9.17) is 5.11 Å². The highest BCUT2D eigenvalue weighted by Crippen LogP contribution is 2.32. The normalized spacial score (nSPS) is 17.9. The maximum Gasteiger partial charge on any atom is 0.406 e. The van der Waals surface area contributed by atoms with Crippen LogP contribution >= 0.6 is 0 Å². The number of nitrogens with zero attached hydrogens (tertiary/aromatic N) is 1. The molecule has 0 radical (unpaired) electrons. The smallest absolute Gasteiger partial charge is 0.406 e. The molecule has 1 unspecified atom stereocenters. The highest BCUT2D eigenvalue weighted by molar-refractivity contribution is 6.04. The molecule has 0 bridgehead atoms. The lowest BCUT2D eigenvalue weighted by Gasteiger charge is -2.24. The maximum absolute atomic E-state index is 12.7. The lowest BCUT2D eigenvalue weighted by Crippen LogP contribution is -2.45. The van der Waals surface area contributed by atoms with Crippen LogP contribution in [0.4, 0.5) is 18.9 Å². The lowest BCUT2D eigenvalue weighted by molar-refractivity contribution is -0.155. The van der Waals surface area contributed by atoms with Crippen LogP contribution in [0.5, 0.6) is 0 Å². The van der Waals surface area contributed by atoms with Gasteiger partial charge >= 0.3 is 12.1 Å². The summed E-state index contributed by atoms with van der Waals surface area (Å²) in [6, 6.07) is 4.37. The van der Waals surface area contributed by atoms with Crippen molar-refractivity contribution in [3.8, 4) is 0 Å². The van der Waals surface area contributed by atoms with Crippen molar-refractivity contribution < 1.29 is 32.7 Å². The van der Waals surface area contributed by atoms with E-state index < -0.39 is 42.8 Å². The molecule has 2 rings (SSSR count). The van der Waals surface area contributed by atoms with Gasteiger partial charge in [0, 0.05) is 11.3 Å². The molecule has 0 aromatic heterocycles. The molecule has 122 valence electrons. The molecule has 1 heterocycles. The Morgan fingerprint density at radius 3 is 2.57 bits per heavy atom. The van der Waals surface area contributed by atoms with Crippen molar-refractivity contribution in [3.63, 3.8) is 0 Å². The molecule has 1 aliphatic heterocycles. The summed E-state index contributed by atoms with van der Waals surface area (Å²) in [5.41, 5.74) is -0.341. The number of hydrogen-bond acceptors (Lipinski definition) is 4. The SMILES string of the molecule is O=C=C1c2ccccc2NC(CC(=O)O)C(=O)N1CC(F)(F)F. The molecular formula is C14H11F3N2O4. The fraction of sp³-hybridized carbons (Fsp3) is 0.286. The van der Waals surface area contributed by atoms with Gasteiger partial charge in [0.2, 0.25) is 0 Å². The van der Waals surface area contributed by atoms with E-state index in [-0.39, 0.29) is 16.2 Å². The maximum atomic E-state index is 12.7. The van der Waals surface area contributed by atoms with Gasteiger partial charge in [0.1, 0.15) is 18.3 Å². The van der Waals surface area contributed by atoms with Crippen LogP contribution in [0, 0.1) is 0 Å². The minimum atomic E-state index is -4.76. The number of anilines is 1. The minimum absolute atomic E-state index is 0.0491. The highest BCUT2D eigenvalue weighted by atomic mass is 19.4. The number of nitrogens with one attached hydrogen (secondary N) is 1. The molecule has 1 aliphatic rings. The van der Waals surface area contributed by atoms with E-state index in [1.54, 1.807) is 0 Å². The highest BCUT2D eigenvalue weighted by Gasteiger charge is 2.40. The molecule has 1 amide bonds. The Kier molecular flexibility index (Phi) is 4.42. The number of para-hydroxylation sites is 1. The third-order valence-electron chi connectivity index (χ3n) is 3.16. The van der Waals surface area contributed by atoms with Gasteiger partial charge in [0.05, 0.1) is 6.42 Å². The molecule has 0 saturated heterocycles. The number of carboxylic acids is 1. The van der Waals surface area contributed by atoms with Gasteiger partial charge in [0.25, 0.3) is 5.91 Å². The average Bonchev–Trinajstić information content (AvgIpc) is 2.54. The number of hydrogen-bond donors (Lipinski definition) is 2. The third-order valence-corrected chi connectivity index (χ3v) is 3.16. The van der Waals surface area contributed by atoms with Gasteiger partial charge in [-0.15, -0.1) is 0 Å². The van der Waals surface area contributed by atoms with E-state index in [1.807, 2.05) is 0 Å². The fourth-order valence-electron chi connectivity index (χ4n) is 2.27. The minimum Gasteiger partial charge on any atom is -0.481 e. The van der Waals surface area contributed by atoms with Gasteiger partial charge in [0.15, 0.2) is 5.94 Å². The predicted molar refractivity (Wildman–Crippen MR) is 73.0 cm³/mol. The Bertz CT molecular complexity index is 696. The molecule has 1 atom stereocenters. The molecule has 0 aliphatic carbocycles. The lowest BCUT2D eigenvalue weighted by atomic mass is 10.1. The summed E-state index contributed by atoms with van der Waals surface area (Å²) in [6.45, 7) is -1.71.